The molecule has 1 fully saturated rings. The van der Waals surface area contributed by atoms with Crippen LogP contribution in [-0.2, 0) is 4.79 Å². The molecule has 0 aliphatic heterocycles. The monoisotopic (exact) mass is 305 g/mol. The van der Waals surface area contributed by atoms with Crippen LogP contribution < -0.4 is 0 Å². The molecule has 2 aromatic rings. The molecule has 1 saturated carbocycles. The Balaban J connectivity index is 1.99. The molecular formula is C15H19N3O2S. The van der Waals surface area contributed by atoms with Gasteiger partial charge in [-0.15, -0.1) is 0 Å². The normalized spacial score (nSPS) is 17.0. The number of carbonyl (C=O) groups is 1. The van der Waals surface area contributed by atoms with Gasteiger partial charge in [0, 0.05) is 12.2 Å². The van der Waals surface area contributed by atoms with E-state index in [2.05, 4.69) is 14.5 Å². The lowest BCUT2D eigenvalue weighted by Crippen LogP contribution is -2.11. The molecule has 5 nitrogen and oxygen atoms in total. The maximum Gasteiger partial charge on any atom is 0.313 e. The third kappa shape index (κ3) is 3.20. The fraction of sp³-hybridized carbons (Fsp3) is 0.533. The quantitative estimate of drug-likeness (QED) is 0.691. The van der Waals surface area contributed by atoms with E-state index in [1.165, 1.54) is 37.4 Å². The van der Waals surface area contributed by atoms with E-state index in [0.717, 1.165) is 29.2 Å². The number of pyridine rings is 1. The Hall–Kier alpha value is -1.56. The molecule has 2 aromatic heterocycles. The summed E-state index contributed by atoms with van der Waals surface area (Å²) in [7, 11) is 0. The molecule has 0 radical (unpaired) electrons. The number of aromatic nitrogens is 3. The van der Waals surface area contributed by atoms with Gasteiger partial charge in [0.05, 0.1) is 5.75 Å². The van der Waals surface area contributed by atoms with Crippen LogP contribution >= 0.6 is 11.8 Å². The highest BCUT2D eigenvalue weighted by Crippen LogP contribution is 2.34. The van der Waals surface area contributed by atoms with Crippen molar-refractivity contribution < 1.29 is 9.90 Å². The molecule has 0 amide bonds. The standard InChI is InChI=1S/C15H19N3O2S/c19-13(20)10-21-15-17-12-8-5-9-16-14(12)18(15)11-6-3-1-2-4-7-11/h5,8-9,11H,1-4,6-7,10H2,(H,19,20). The molecule has 0 bridgehead atoms. The predicted molar refractivity (Wildman–Crippen MR) is 82.6 cm³/mol. The van der Waals surface area contributed by atoms with Crippen LogP contribution in [0.25, 0.3) is 11.2 Å². The number of rotatable bonds is 4. The van der Waals surface area contributed by atoms with E-state index in [1.807, 2.05) is 12.1 Å². The van der Waals surface area contributed by atoms with Crippen molar-refractivity contribution in [2.75, 3.05) is 5.75 Å². The van der Waals surface area contributed by atoms with E-state index in [1.54, 1.807) is 6.20 Å². The number of carboxylic acids is 1. The average molecular weight is 305 g/mol. The first-order chi connectivity index (χ1) is 10.3. The molecule has 3 rings (SSSR count). The zero-order valence-electron chi connectivity index (χ0n) is 11.9. The van der Waals surface area contributed by atoms with Crippen LogP contribution in [0, 0.1) is 0 Å². The SMILES string of the molecule is O=C(O)CSc1nc2cccnc2n1C1CCCCCC1. The van der Waals surface area contributed by atoms with E-state index in [4.69, 9.17) is 5.11 Å². The molecule has 0 saturated heterocycles. The third-order valence-corrected chi connectivity index (χ3v) is 4.87. The first kappa shape index (κ1) is 14.4. The maximum atomic E-state index is 10.9. The number of hydrogen-bond acceptors (Lipinski definition) is 4. The van der Waals surface area contributed by atoms with Crippen molar-refractivity contribution in [3.8, 4) is 0 Å². The minimum Gasteiger partial charge on any atom is -0.481 e. The lowest BCUT2D eigenvalue weighted by molar-refractivity contribution is -0.133. The van der Waals surface area contributed by atoms with Crippen LogP contribution in [0.5, 0.6) is 0 Å². The summed E-state index contributed by atoms with van der Waals surface area (Å²) in [6, 6.07) is 4.21. The van der Waals surface area contributed by atoms with E-state index in [9.17, 15) is 4.79 Å². The van der Waals surface area contributed by atoms with Crippen LogP contribution in [0.3, 0.4) is 0 Å². The van der Waals surface area contributed by atoms with Gasteiger partial charge in [-0.05, 0) is 25.0 Å². The minimum absolute atomic E-state index is 0.0377. The van der Waals surface area contributed by atoms with Crippen molar-refractivity contribution in [2.45, 2.75) is 49.7 Å². The number of hydrogen-bond donors (Lipinski definition) is 1. The summed E-state index contributed by atoms with van der Waals surface area (Å²) >= 11 is 1.29. The molecule has 0 aromatic carbocycles. The third-order valence-electron chi connectivity index (χ3n) is 3.93. The first-order valence-electron chi connectivity index (χ1n) is 7.43. The predicted octanol–water partition coefficient (Wildman–Crippen LogP) is 3.50. The van der Waals surface area contributed by atoms with Gasteiger partial charge in [-0.3, -0.25) is 4.79 Å². The second-order valence-corrected chi connectivity index (χ2v) is 6.38. The highest BCUT2D eigenvalue weighted by molar-refractivity contribution is 7.99. The van der Waals surface area contributed by atoms with Gasteiger partial charge >= 0.3 is 5.97 Å². The molecule has 6 heteroatoms. The molecule has 112 valence electrons. The summed E-state index contributed by atoms with van der Waals surface area (Å²) in [5, 5.41) is 9.71. The van der Waals surface area contributed by atoms with Crippen LogP contribution in [0.4, 0.5) is 0 Å². The van der Waals surface area contributed by atoms with Crippen LogP contribution in [0.1, 0.15) is 44.6 Å². The number of nitrogens with zero attached hydrogens (tertiary/aromatic N) is 3. The van der Waals surface area contributed by atoms with Crippen molar-refractivity contribution in [3.05, 3.63) is 18.3 Å². The Morgan fingerprint density at radius 3 is 2.81 bits per heavy atom. The van der Waals surface area contributed by atoms with E-state index in [-0.39, 0.29) is 5.75 Å². The molecule has 2 heterocycles. The molecule has 1 N–H and O–H groups in total. The Morgan fingerprint density at radius 1 is 1.33 bits per heavy atom. The Morgan fingerprint density at radius 2 is 2.10 bits per heavy atom. The summed E-state index contributed by atoms with van der Waals surface area (Å²) in [5.41, 5.74) is 1.74. The molecule has 0 atom stereocenters. The smallest absolute Gasteiger partial charge is 0.313 e. The van der Waals surface area contributed by atoms with E-state index < -0.39 is 5.97 Å². The van der Waals surface area contributed by atoms with Crippen LogP contribution in [0.15, 0.2) is 23.5 Å². The second kappa shape index (κ2) is 6.47. The lowest BCUT2D eigenvalue weighted by atomic mass is 10.1. The number of imidazole rings is 1. The van der Waals surface area contributed by atoms with E-state index in [0.29, 0.717) is 6.04 Å². The molecular weight excluding hydrogens is 286 g/mol. The van der Waals surface area contributed by atoms with E-state index >= 15 is 0 Å². The summed E-state index contributed by atoms with van der Waals surface area (Å²) in [6.07, 6.45) is 9.05. The van der Waals surface area contributed by atoms with Gasteiger partial charge < -0.3 is 9.67 Å². The summed E-state index contributed by atoms with van der Waals surface area (Å²) in [4.78, 5) is 19.9. The largest absolute Gasteiger partial charge is 0.481 e. The first-order valence-corrected chi connectivity index (χ1v) is 8.42. The highest BCUT2D eigenvalue weighted by atomic mass is 32.2. The van der Waals surface area contributed by atoms with Crippen LogP contribution in [0.2, 0.25) is 0 Å². The highest BCUT2D eigenvalue weighted by Gasteiger charge is 2.22. The lowest BCUT2D eigenvalue weighted by Gasteiger charge is -2.18. The van der Waals surface area contributed by atoms with Crippen molar-refractivity contribution >= 4 is 28.9 Å². The average Bonchev–Trinajstić information content (AvgIpc) is 2.65. The van der Waals surface area contributed by atoms with Gasteiger partial charge in [-0.1, -0.05) is 37.4 Å². The fourth-order valence-corrected chi connectivity index (χ4v) is 3.77. The van der Waals surface area contributed by atoms with Crippen LogP contribution in [-0.4, -0.2) is 31.4 Å². The maximum absolute atomic E-state index is 10.9. The van der Waals surface area contributed by atoms with Gasteiger partial charge in [0.15, 0.2) is 10.8 Å². The Bertz CT molecular complexity index is 633. The van der Waals surface area contributed by atoms with Gasteiger partial charge in [0.2, 0.25) is 0 Å². The molecule has 21 heavy (non-hydrogen) atoms. The van der Waals surface area contributed by atoms with Gasteiger partial charge in [-0.2, -0.15) is 0 Å². The summed E-state index contributed by atoms with van der Waals surface area (Å²) < 4.78 is 2.17. The van der Waals surface area contributed by atoms with Gasteiger partial charge in [0.25, 0.3) is 0 Å². The number of aliphatic carboxylic acids is 1. The Labute approximate surface area is 127 Å². The summed E-state index contributed by atoms with van der Waals surface area (Å²) in [5.74, 6) is -0.775. The zero-order chi connectivity index (χ0) is 14.7. The van der Waals surface area contributed by atoms with Gasteiger partial charge in [-0.25, -0.2) is 9.97 Å². The molecule has 0 spiro atoms. The summed E-state index contributed by atoms with van der Waals surface area (Å²) in [6.45, 7) is 0. The molecule has 0 unspecified atom stereocenters. The number of carboxylic acid groups (broad SMARTS) is 1. The minimum atomic E-state index is -0.813. The zero-order valence-corrected chi connectivity index (χ0v) is 12.7. The van der Waals surface area contributed by atoms with Crippen molar-refractivity contribution in [1.82, 2.24) is 14.5 Å². The topological polar surface area (TPSA) is 68.0 Å². The van der Waals surface area contributed by atoms with Crippen molar-refractivity contribution in [2.24, 2.45) is 0 Å². The number of fused-ring (bicyclic) bond motifs is 1. The van der Waals surface area contributed by atoms with Gasteiger partial charge in [0.1, 0.15) is 5.52 Å². The number of thioether (sulfide) groups is 1. The second-order valence-electron chi connectivity index (χ2n) is 5.44. The molecule has 1 aliphatic rings. The Kier molecular flexibility index (Phi) is 4.43. The molecule has 1 aliphatic carbocycles. The van der Waals surface area contributed by atoms with Crippen molar-refractivity contribution in [1.29, 1.82) is 0 Å². The van der Waals surface area contributed by atoms with Crippen molar-refractivity contribution in [3.63, 3.8) is 0 Å². The fourth-order valence-electron chi connectivity index (χ4n) is 2.98.